The zero-order valence-corrected chi connectivity index (χ0v) is 12.0. The van der Waals surface area contributed by atoms with E-state index in [1.54, 1.807) is 11.8 Å². The van der Waals surface area contributed by atoms with Gasteiger partial charge in [0.25, 0.3) is 0 Å². The molecule has 0 atom stereocenters. The smallest absolute Gasteiger partial charge is 0.339 e. The third-order valence-corrected chi connectivity index (χ3v) is 3.24. The topological polar surface area (TPSA) is 98.7 Å². The molecule has 6 nitrogen and oxygen atoms in total. The van der Waals surface area contributed by atoms with Crippen LogP contribution in [-0.4, -0.2) is 40.8 Å². The van der Waals surface area contributed by atoms with Crippen LogP contribution in [0.15, 0.2) is 18.2 Å². The fourth-order valence-corrected chi connectivity index (χ4v) is 2.03. The number of anilines is 1. The highest BCUT2D eigenvalue weighted by Gasteiger charge is 2.11. The van der Waals surface area contributed by atoms with E-state index in [2.05, 4.69) is 10.6 Å². The van der Waals surface area contributed by atoms with E-state index in [0.29, 0.717) is 12.2 Å². The second-order valence-electron chi connectivity index (χ2n) is 4.12. The van der Waals surface area contributed by atoms with Crippen molar-refractivity contribution in [3.05, 3.63) is 23.8 Å². The van der Waals surface area contributed by atoms with E-state index in [0.717, 1.165) is 18.6 Å². The van der Waals surface area contributed by atoms with Crippen LogP contribution in [0.2, 0.25) is 0 Å². The lowest BCUT2D eigenvalue weighted by molar-refractivity contribution is 0.0693. The monoisotopic (exact) mass is 298 g/mol. The first kappa shape index (κ1) is 16.2. The zero-order chi connectivity index (χ0) is 15.0. The van der Waals surface area contributed by atoms with Crippen LogP contribution in [-0.2, 0) is 0 Å². The standard InChI is InChI=1S/C13H18N2O4S/c1-20-7-3-2-6-14-13(19)15-9-4-5-11(16)10(8-9)12(17)18/h4-5,8,16H,2-3,6-7H2,1H3,(H,17,18)(H2,14,15,19). The minimum absolute atomic E-state index is 0.247. The van der Waals surface area contributed by atoms with E-state index in [1.807, 2.05) is 6.26 Å². The molecule has 1 rings (SSSR count). The van der Waals surface area contributed by atoms with E-state index in [9.17, 15) is 14.7 Å². The van der Waals surface area contributed by atoms with Gasteiger partial charge in [-0.1, -0.05) is 0 Å². The van der Waals surface area contributed by atoms with E-state index in [-0.39, 0.29) is 11.3 Å². The Hall–Kier alpha value is -1.89. The summed E-state index contributed by atoms with van der Waals surface area (Å²) in [6.07, 6.45) is 3.96. The van der Waals surface area contributed by atoms with Crippen molar-refractivity contribution < 1.29 is 19.8 Å². The number of hydrogen-bond acceptors (Lipinski definition) is 4. The minimum Gasteiger partial charge on any atom is -0.507 e. The van der Waals surface area contributed by atoms with E-state index < -0.39 is 12.0 Å². The number of urea groups is 1. The molecule has 0 aliphatic carbocycles. The lowest BCUT2D eigenvalue weighted by Gasteiger charge is -2.08. The summed E-state index contributed by atoms with van der Waals surface area (Å²) in [5.41, 5.74) is 0.0737. The lowest BCUT2D eigenvalue weighted by Crippen LogP contribution is -2.29. The summed E-state index contributed by atoms with van der Waals surface area (Å²) < 4.78 is 0. The Morgan fingerprint density at radius 3 is 2.70 bits per heavy atom. The van der Waals surface area contributed by atoms with Crippen LogP contribution in [0.5, 0.6) is 5.75 Å². The number of amides is 2. The quantitative estimate of drug-likeness (QED) is 0.457. The van der Waals surface area contributed by atoms with E-state index in [4.69, 9.17) is 5.11 Å². The molecule has 110 valence electrons. The van der Waals surface area contributed by atoms with Gasteiger partial charge >= 0.3 is 12.0 Å². The second-order valence-corrected chi connectivity index (χ2v) is 5.10. The molecule has 2 amide bonds. The Kier molecular flexibility index (Phi) is 6.72. The molecule has 4 N–H and O–H groups in total. The number of unbranched alkanes of at least 4 members (excludes halogenated alkanes) is 1. The number of carbonyl (C=O) groups excluding carboxylic acids is 1. The van der Waals surface area contributed by atoms with E-state index >= 15 is 0 Å². The Morgan fingerprint density at radius 2 is 2.05 bits per heavy atom. The Morgan fingerprint density at radius 1 is 1.30 bits per heavy atom. The minimum atomic E-state index is -1.25. The number of hydrogen-bond donors (Lipinski definition) is 4. The van der Waals surface area contributed by atoms with Gasteiger partial charge in [0.1, 0.15) is 11.3 Å². The van der Waals surface area contributed by atoms with Crippen LogP contribution in [0.3, 0.4) is 0 Å². The number of phenols is 1. The number of carboxylic acids is 1. The summed E-state index contributed by atoms with van der Waals surface area (Å²) >= 11 is 1.76. The van der Waals surface area contributed by atoms with Crippen molar-refractivity contribution in [2.45, 2.75) is 12.8 Å². The first-order chi connectivity index (χ1) is 9.54. The molecule has 0 spiro atoms. The van der Waals surface area contributed by atoms with Crippen molar-refractivity contribution in [3.8, 4) is 5.75 Å². The van der Waals surface area contributed by atoms with Gasteiger partial charge in [0.15, 0.2) is 0 Å². The van der Waals surface area contributed by atoms with Crippen molar-refractivity contribution in [1.82, 2.24) is 5.32 Å². The predicted molar refractivity (Wildman–Crippen MR) is 79.7 cm³/mol. The zero-order valence-electron chi connectivity index (χ0n) is 11.2. The summed E-state index contributed by atoms with van der Waals surface area (Å²) in [7, 11) is 0. The Bertz CT molecular complexity index is 479. The third kappa shape index (κ3) is 5.40. The molecule has 0 unspecified atom stereocenters. The number of carbonyl (C=O) groups is 2. The van der Waals surface area contributed by atoms with Crippen LogP contribution >= 0.6 is 11.8 Å². The molecule has 7 heteroatoms. The molecule has 0 fully saturated rings. The van der Waals surface area contributed by atoms with Gasteiger partial charge in [-0.25, -0.2) is 9.59 Å². The van der Waals surface area contributed by atoms with Crippen molar-refractivity contribution in [3.63, 3.8) is 0 Å². The van der Waals surface area contributed by atoms with Crippen LogP contribution in [0.25, 0.3) is 0 Å². The molecule has 0 saturated heterocycles. The maximum absolute atomic E-state index is 11.6. The molecule has 0 radical (unpaired) electrons. The van der Waals surface area contributed by atoms with Crippen molar-refractivity contribution >= 4 is 29.4 Å². The molecule has 0 aliphatic heterocycles. The molecule has 1 aromatic carbocycles. The summed E-state index contributed by atoms with van der Waals surface area (Å²) in [4.78, 5) is 22.4. The predicted octanol–water partition coefficient (Wildman–Crippen LogP) is 2.36. The molecule has 0 aliphatic rings. The first-order valence-electron chi connectivity index (χ1n) is 6.14. The van der Waals surface area contributed by atoms with Gasteiger partial charge in [0.05, 0.1) is 0 Å². The number of nitrogens with one attached hydrogen (secondary N) is 2. The van der Waals surface area contributed by atoms with Gasteiger partial charge in [-0.05, 0) is 43.0 Å². The van der Waals surface area contributed by atoms with Crippen molar-refractivity contribution in [2.75, 3.05) is 23.9 Å². The lowest BCUT2D eigenvalue weighted by atomic mass is 10.2. The van der Waals surface area contributed by atoms with E-state index in [1.165, 1.54) is 18.2 Å². The Balaban J connectivity index is 2.46. The average molecular weight is 298 g/mol. The highest BCUT2D eigenvalue weighted by molar-refractivity contribution is 7.98. The third-order valence-electron chi connectivity index (χ3n) is 2.55. The number of aromatic carboxylic acids is 1. The average Bonchev–Trinajstić information content (AvgIpc) is 2.40. The van der Waals surface area contributed by atoms with Gasteiger partial charge in [-0.2, -0.15) is 11.8 Å². The fourth-order valence-electron chi connectivity index (χ4n) is 1.53. The van der Waals surface area contributed by atoms with Crippen LogP contribution in [0.4, 0.5) is 10.5 Å². The number of aromatic hydroxyl groups is 1. The van der Waals surface area contributed by atoms with Gasteiger partial charge in [-0.3, -0.25) is 0 Å². The second kappa shape index (κ2) is 8.31. The fraction of sp³-hybridized carbons (Fsp3) is 0.385. The summed E-state index contributed by atoms with van der Waals surface area (Å²) in [6.45, 7) is 0.566. The number of carboxylic acid groups (broad SMARTS) is 1. The first-order valence-corrected chi connectivity index (χ1v) is 7.54. The van der Waals surface area contributed by atoms with Crippen LogP contribution < -0.4 is 10.6 Å². The number of thioether (sulfide) groups is 1. The largest absolute Gasteiger partial charge is 0.507 e. The molecular weight excluding hydrogens is 280 g/mol. The summed E-state index contributed by atoms with van der Waals surface area (Å²) in [5.74, 6) is -0.521. The van der Waals surface area contributed by atoms with Crippen LogP contribution in [0, 0.1) is 0 Å². The highest BCUT2D eigenvalue weighted by atomic mass is 32.2. The summed E-state index contributed by atoms with van der Waals surface area (Å²) in [5, 5.41) is 23.4. The normalized spacial score (nSPS) is 10.1. The number of benzene rings is 1. The molecule has 1 aromatic rings. The number of rotatable bonds is 7. The maximum Gasteiger partial charge on any atom is 0.339 e. The SMILES string of the molecule is CSCCCCNC(=O)Nc1ccc(O)c(C(=O)O)c1. The van der Waals surface area contributed by atoms with Gasteiger partial charge in [0, 0.05) is 12.2 Å². The van der Waals surface area contributed by atoms with Crippen LogP contribution in [0.1, 0.15) is 23.2 Å². The Labute approximate surface area is 121 Å². The maximum atomic E-state index is 11.6. The van der Waals surface area contributed by atoms with Gasteiger partial charge < -0.3 is 20.8 Å². The van der Waals surface area contributed by atoms with Gasteiger partial charge in [-0.15, -0.1) is 0 Å². The molecule has 0 saturated carbocycles. The van der Waals surface area contributed by atoms with Crippen molar-refractivity contribution in [1.29, 1.82) is 0 Å². The molecule has 0 heterocycles. The molecule has 0 aromatic heterocycles. The summed E-state index contributed by atoms with van der Waals surface area (Å²) in [6, 6.07) is 3.49. The highest BCUT2D eigenvalue weighted by Crippen LogP contribution is 2.21. The molecular formula is C13H18N2O4S. The molecule has 20 heavy (non-hydrogen) atoms. The van der Waals surface area contributed by atoms with Gasteiger partial charge in [0.2, 0.25) is 0 Å². The van der Waals surface area contributed by atoms with Crippen molar-refractivity contribution in [2.24, 2.45) is 0 Å². The molecule has 0 bridgehead atoms.